The molecule has 0 spiro atoms. The van der Waals surface area contributed by atoms with E-state index in [2.05, 4.69) is 4.98 Å². The van der Waals surface area contributed by atoms with Gasteiger partial charge in [0.2, 0.25) is 0 Å². The monoisotopic (exact) mass is 375 g/mol. The van der Waals surface area contributed by atoms with Crippen LogP contribution in [-0.2, 0) is 20.7 Å². The summed E-state index contributed by atoms with van der Waals surface area (Å²) in [5, 5.41) is 0. The second-order valence-electron chi connectivity index (χ2n) is 7.90. The zero-order valence-electron chi connectivity index (χ0n) is 16.4. The highest BCUT2D eigenvalue weighted by atomic mass is 16.5. The normalized spacial score (nSPS) is 23.9. The van der Waals surface area contributed by atoms with E-state index in [1.165, 1.54) is 26.4 Å². The number of hydrogen-bond acceptors (Lipinski definition) is 5. The largest absolute Gasteiger partial charge is 0.468 e. The standard InChI is InChI=1S/C21H29NO5/c1-12-11-15-17(19(23)16(12)20(24)26-3)13(2)18(22-15)21(25)27-14-9-7-5-4-6-8-10-14/h12,14,16,22H,4-11H2,1-3H3/t12-,16+/m0/s1. The van der Waals surface area contributed by atoms with E-state index in [4.69, 9.17) is 9.47 Å². The Morgan fingerprint density at radius 1 is 1.07 bits per heavy atom. The van der Waals surface area contributed by atoms with Crippen LogP contribution in [0.4, 0.5) is 0 Å². The number of aromatic nitrogens is 1. The lowest BCUT2D eigenvalue weighted by molar-refractivity contribution is -0.145. The van der Waals surface area contributed by atoms with Gasteiger partial charge in [0.05, 0.1) is 7.11 Å². The molecule has 2 aliphatic carbocycles. The van der Waals surface area contributed by atoms with Crippen molar-refractivity contribution < 1.29 is 23.9 Å². The van der Waals surface area contributed by atoms with Crippen molar-refractivity contribution in [3.8, 4) is 0 Å². The predicted molar refractivity (Wildman–Crippen MR) is 99.8 cm³/mol. The number of carbonyl (C=O) groups excluding carboxylic acids is 3. The smallest absolute Gasteiger partial charge is 0.355 e. The number of ether oxygens (including phenoxy) is 2. The van der Waals surface area contributed by atoms with Gasteiger partial charge in [-0.05, 0) is 50.5 Å². The van der Waals surface area contributed by atoms with Crippen LogP contribution in [0, 0.1) is 18.8 Å². The van der Waals surface area contributed by atoms with Gasteiger partial charge in [0.1, 0.15) is 17.7 Å². The molecule has 2 aliphatic rings. The van der Waals surface area contributed by atoms with Crippen molar-refractivity contribution >= 4 is 17.7 Å². The van der Waals surface area contributed by atoms with Crippen molar-refractivity contribution in [2.45, 2.75) is 71.3 Å². The lowest BCUT2D eigenvalue weighted by Gasteiger charge is -2.25. The second-order valence-corrected chi connectivity index (χ2v) is 7.90. The van der Waals surface area contributed by atoms with Crippen LogP contribution in [-0.4, -0.2) is 35.9 Å². The summed E-state index contributed by atoms with van der Waals surface area (Å²) in [4.78, 5) is 40.8. The van der Waals surface area contributed by atoms with E-state index in [0.717, 1.165) is 31.4 Å². The van der Waals surface area contributed by atoms with E-state index in [9.17, 15) is 14.4 Å². The number of ketones is 1. The number of carbonyl (C=O) groups is 3. The topological polar surface area (TPSA) is 85.5 Å². The van der Waals surface area contributed by atoms with Gasteiger partial charge in [-0.1, -0.05) is 26.2 Å². The number of rotatable bonds is 3. The lowest BCUT2D eigenvalue weighted by atomic mass is 9.77. The molecule has 0 radical (unpaired) electrons. The van der Waals surface area contributed by atoms with E-state index in [-0.39, 0.29) is 17.8 Å². The van der Waals surface area contributed by atoms with Crippen molar-refractivity contribution in [3.05, 3.63) is 22.5 Å². The van der Waals surface area contributed by atoms with Crippen LogP contribution in [0.15, 0.2) is 0 Å². The number of Topliss-reactive ketones (excluding diaryl/α,β-unsaturated/α-hetero) is 1. The molecule has 148 valence electrons. The Kier molecular flexibility index (Phi) is 6.02. The zero-order chi connectivity index (χ0) is 19.6. The van der Waals surface area contributed by atoms with Crippen LogP contribution >= 0.6 is 0 Å². The third-order valence-corrected chi connectivity index (χ3v) is 5.94. The molecule has 6 nitrogen and oxygen atoms in total. The first kappa shape index (κ1) is 19.6. The maximum absolute atomic E-state index is 12.9. The molecule has 0 aromatic carbocycles. The van der Waals surface area contributed by atoms with Crippen LogP contribution in [0.3, 0.4) is 0 Å². The van der Waals surface area contributed by atoms with Gasteiger partial charge in [-0.15, -0.1) is 0 Å². The molecule has 1 aromatic rings. The van der Waals surface area contributed by atoms with E-state index in [1.807, 2.05) is 6.92 Å². The molecule has 6 heteroatoms. The van der Waals surface area contributed by atoms with Gasteiger partial charge in [0, 0.05) is 11.3 Å². The first-order chi connectivity index (χ1) is 12.9. The average molecular weight is 375 g/mol. The molecule has 27 heavy (non-hydrogen) atoms. The first-order valence-corrected chi connectivity index (χ1v) is 9.98. The maximum atomic E-state index is 12.9. The fourth-order valence-electron chi connectivity index (χ4n) is 4.42. The minimum absolute atomic E-state index is 0.0602. The third-order valence-electron chi connectivity index (χ3n) is 5.94. The molecule has 2 atom stereocenters. The quantitative estimate of drug-likeness (QED) is 0.642. The Balaban J connectivity index is 1.81. The van der Waals surface area contributed by atoms with Crippen molar-refractivity contribution in [1.82, 2.24) is 4.98 Å². The third kappa shape index (κ3) is 3.94. The fourth-order valence-corrected chi connectivity index (χ4v) is 4.42. The zero-order valence-corrected chi connectivity index (χ0v) is 16.4. The summed E-state index contributed by atoms with van der Waals surface area (Å²) < 4.78 is 10.6. The van der Waals surface area contributed by atoms with Crippen LogP contribution in [0.5, 0.6) is 0 Å². The van der Waals surface area contributed by atoms with Gasteiger partial charge in [0.25, 0.3) is 0 Å². The van der Waals surface area contributed by atoms with E-state index >= 15 is 0 Å². The Morgan fingerprint density at radius 2 is 1.70 bits per heavy atom. The lowest BCUT2D eigenvalue weighted by Crippen LogP contribution is -2.36. The number of aromatic amines is 1. The SMILES string of the molecule is COC(=O)[C@H]1C(=O)c2c([nH]c(C(=O)OC3CCCCCCC3)c2C)C[C@@H]1C. The molecule has 0 amide bonds. The molecule has 1 saturated carbocycles. The highest BCUT2D eigenvalue weighted by Crippen LogP contribution is 2.34. The van der Waals surface area contributed by atoms with Crippen LogP contribution in [0.2, 0.25) is 0 Å². The number of H-pyrrole nitrogens is 1. The molecule has 1 heterocycles. The molecule has 0 saturated heterocycles. The number of hydrogen-bond donors (Lipinski definition) is 1. The van der Waals surface area contributed by atoms with Gasteiger partial charge < -0.3 is 14.5 Å². The fraction of sp³-hybridized carbons (Fsp3) is 0.667. The Morgan fingerprint density at radius 3 is 2.33 bits per heavy atom. The molecular formula is C21H29NO5. The van der Waals surface area contributed by atoms with Gasteiger partial charge >= 0.3 is 11.9 Å². The number of fused-ring (bicyclic) bond motifs is 1. The highest BCUT2D eigenvalue weighted by molar-refractivity contribution is 6.12. The maximum Gasteiger partial charge on any atom is 0.355 e. The van der Waals surface area contributed by atoms with E-state index < -0.39 is 17.9 Å². The molecule has 0 unspecified atom stereocenters. The van der Waals surface area contributed by atoms with E-state index in [1.54, 1.807) is 6.92 Å². The Labute approximate surface area is 160 Å². The summed E-state index contributed by atoms with van der Waals surface area (Å²) in [6.45, 7) is 3.59. The number of methoxy groups -OCH3 is 1. The summed E-state index contributed by atoms with van der Waals surface area (Å²) in [7, 11) is 1.29. The summed E-state index contributed by atoms with van der Waals surface area (Å²) in [6.07, 6.45) is 8.04. The van der Waals surface area contributed by atoms with Crippen LogP contribution in [0.1, 0.15) is 84.0 Å². The average Bonchev–Trinajstić information content (AvgIpc) is 2.93. The Hall–Kier alpha value is -2.11. The van der Waals surface area contributed by atoms with Gasteiger partial charge in [-0.2, -0.15) is 0 Å². The Bertz CT molecular complexity index is 727. The summed E-state index contributed by atoms with van der Waals surface area (Å²) in [5.41, 5.74) is 2.09. The molecule has 3 rings (SSSR count). The molecule has 1 aromatic heterocycles. The number of nitrogens with one attached hydrogen (secondary N) is 1. The first-order valence-electron chi connectivity index (χ1n) is 9.98. The molecule has 1 N–H and O–H groups in total. The predicted octanol–water partition coefficient (Wildman–Crippen LogP) is 3.76. The van der Waals surface area contributed by atoms with Crippen molar-refractivity contribution in [3.63, 3.8) is 0 Å². The minimum atomic E-state index is -0.813. The summed E-state index contributed by atoms with van der Waals surface area (Å²) >= 11 is 0. The number of esters is 2. The van der Waals surface area contributed by atoms with Gasteiger partial charge in [0.15, 0.2) is 5.78 Å². The highest BCUT2D eigenvalue weighted by Gasteiger charge is 2.42. The van der Waals surface area contributed by atoms with Crippen molar-refractivity contribution in [2.75, 3.05) is 7.11 Å². The van der Waals surface area contributed by atoms with Crippen LogP contribution in [0.25, 0.3) is 0 Å². The molecule has 1 fully saturated rings. The van der Waals surface area contributed by atoms with Crippen LogP contribution < -0.4 is 0 Å². The molecule has 0 bridgehead atoms. The van der Waals surface area contributed by atoms with Gasteiger partial charge in [-0.3, -0.25) is 9.59 Å². The summed E-state index contributed by atoms with van der Waals surface area (Å²) in [6, 6.07) is 0. The van der Waals surface area contributed by atoms with E-state index in [0.29, 0.717) is 23.2 Å². The van der Waals surface area contributed by atoms with Crippen molar-refractivity contribution in [1.29, 1.82) is 0 Å². The molecular weight excluding hydrogens is 346 g/mol. The minimum Gasteiger partial charge on any atom is -0.468 e. The van der Waals surface area contributed by atoms with Gasteiger partial charge in [-0.25, -0.2) is 4.79 Å². The summed E-state index contributed by atoms with van der Waals surface area (Å²) in [5.74, 6) is -2.18. The molecule has 0 aliphatic heterocycles. The second kappa shape index (κ2) is 8.28. The van der Waals surface area contributed by atoms with Crippen molar-refractivity contribution in [2.24, 2.45) is 11.8 Å².